The molecule has 1 aromatic carbocycles. The second kappa shape index (κ2) is 9.79. The number of nitrogens with one attached hydrogen (secondary N) is 1. The molecule has 1 rings (SSSR count). The van der Waals surface area contributed by atoms with Gasteiger partial charge in [-0.05, 0) is 31.5 Å². The van der Waals surface area contributed by atoms with E-state index in [9.17, 15) is 13.2 Å². The number of unbranched alkanes of at least 4 members (excludes halogenated alkanes) is 2. The lowest BCUT2D eigenvalue weighted by Gasteiger charge is -2.19. The van der Waals surface area contributed by atoms with Gasteiger partial charge in [0.15, 0.2) is 0 Å². The zero-order chi connectivity index (χ0) is 18.2. The predicted molar refractivity (Wildman–Crippen MR) is 97.6 cm³/mol. The number of sulfonamides is 1. The number of hydrogen-bond donors (Lipinski definition) is 1. The van der Waals surface area contributed by atoms with Crippen molar-refractivity contribution < 1.29 is 13.2 Å². The number of amides is 1. The number of carbonyl (C=O) groups excluding carboxylic acids is 1. The van der Waals surface area contributed by atoms with E-state index in [0.717, 1.165) is 25.7 Å². The average molecular weight is 355 g/mol. The van der Waals surface area contributed by atoms with Gasteiger partial charge >= 0.3 is 0 Å². The van der Waals surface area contributed by atoms with Gasteiger partial charge in [0.25, 0.3) is 5.91 Å². The molecule has 0 fully saturated rings. The van der Waals surface area contributed by atoms with Crippen LogP contribution in [0.5, 0.6) is 0 Å². The summed E-state index contributed by atoms with van der Waals surface area (Å²) in [7, 11) is -3.55. The standard InChI is InChI=1S/C18H30N2O3S/c1-5-8-9-11-15(4)19-18(21)16-12-10-13-17(14-16)24(22,23)20(6-2)7-3/h10,12-15H,5-9,11H2,1-4H3,(H,19,21). The van der Waals surface area contributed by atoms with Gasteiger partial charge in [0, 0.05) is 24.7 Å². The van der Waals surface area contributed by atoms with Gasteiger partial charge in [-0.25, -0.2) is 8.42 Å². The van der Waals surface area contributed by atoms with Crippen LogP contribution in [0.15, 0.2) is 29.2 Å². The van der Waals surface area contributed by atoms with Gasteiger partial charge in [-0.3, -0.25) is 4.79 Å². The van der Waals surface area contributed by atoms with Crippen LogP contribution >= 0.6 is 0 Å². The molecule has 0 aliphatic rings. The molecule has 0 radical (unpaired) electrons. The molecule has 1 N–H and O–H groups in total. The van der Waals surface area contributed by atoms with E-state index in [1.807, 2.05) is 6.92 Å². The van der Waals surface area contributed by atoms with E-state index < -0.39 is 10.0 Å². The average Bonchev–Trinajstić information content (AvgIpc) is 2.56. The number of benzene rings is 1. The number of hydrogen-bond acceptors (Lipinski definition) is 3. The van der Waals surface area contributed by atoms with Crippen molar-refractivity contribution in [1.29, 1.82) is 0 Å². The molecule has 1 unspecified atom stereocenters. The highest BCUT2D eigenvalue weighted by Gasteiger charge is 2.22. The fourth-order valence-electron chi connectivity index (χ4n) is 2.59. The first kappa shape index (κ1) is 20.6. The van der Waals surface area contributed by atoms with E-state index in [2.05, 4.69) is 12.2 Å². The summed E-state index contributed by atoms with van der Waals surface area (Å²) < 4.78 is 26.5. The molecule has 6 heteroatoms. The predicted octanol–water partition coefficient (Wildman–Crippen LogP) is 3.42. The second-order valence-electron chi connectivity index (χ2n) is 5.99. The Kier molecular flexibility index (Phi) is 8.42. The summed E-state index contributed by atoms with van der Waals surface area (Å²) in [6.07, 6.45) is 4.30. The third kappa shape index (κ3) is 5.60. The third-order valence-corrected chi connectivity index (χ3v) is 6.10. The minimum Gasteiger partial charge on any atom is -0.350 e. The van der Waals surface area contributed by atoms with Crippen LogP contribution in [0, 0.1) is 0 Å². The van der Waals surface area contributed by atoms with Gasteiger partial charge in [0.2, 0.25) is 10.0 Å². The largest absolute Gasteiger partial charge is 0.350 e. The number of rotatable bonds is 10. The highest BCUT2D eigenvalue weighted by molar-refractivity contribution is 7.89. The van der Waals surface area contributed by atoms with E-state index in [0.29, 0.717) is 18.7 Å². The van der Waals surface area contributed by atoms with E-state index in [1.54, 1.807) is 26.0 Å². The molecular weight excluding hydrogens is 324 g/mol. The van der Waals surface area contributed by atoms with Crippen molar-refractivity contribution in [2.75, 3.05) is 13.1 Å². The van der Waals surface area contributed by atoms with Crippen molar-refractivity contribution in [3.05, 3.63) is 29.8 Å². The van der Waals surface area contributed by atoms with Crippen molar-refractivity contribution >= 4 is 15.9 Å². The summed E-state index contributed by atoms with van der Waals surface area (Å²) in [5.74, 6) is -0.226. The van der Waals surface area contributed by atoms with E-state index in [4.69, 9.17) is 0 Å². The fraction of sp³-hybridized carbons (Fsp3) is 0.611. The molecule has 0 heterocycles. The molecule has 1 amide bonds. The van der Waals surface area contributed by atoms with Crippen LogP contribution in [0.3, 0.4) is 0 Å². The van der Waals surface area contributed by atoms with E-state index >= 15 is 0 Å². The normalized spacial score (nSPS) is 13.0. The molecule has 5 nitrogen and oxygen atoms in total. The summed E-state index contributed by atoms with van der Waals surface area (Å²) >= 11 is 0. The van der Waals surface area contributed by atoms with Crippen molar-refractivity contribution in [2.45, 2.75) is 64.3 Å². The summed E-state index contributed by atoms with van der Waals surface area (Å²) in [4.78, 5) is 12.5. The maximum Gasteiger partial charge on any atom is 0.251 e. The van der Waals surface area contributed by atoms with E-state index in [1.165, 1.54) is 16.4 Å². The first-order valence-corrected chi connectivity index (χ1v) is 10.2. The van der Waals surface area contributed by atoms with Crippen LogP contribution in [0.1, 0.15) is 63.7 Å². The first-order valence-electron chi connectivity index (χ1n) is 8.77. The maximum atomic E-state index is 12.6. The Balaban J connectivity index is 2.86. The van der Waals surface area contributed by atoms with Gasteiger partial charge in [-0.2, -0.15) is 4.31 Å². The molecule has 1 atom stereocenters. The highest BCUT2D eigenvalue weighted by atomic mass is 32.2. The van der Waals surface area contributed by atoms with Crippen LogP contribution in [0.4, 0.5) is 0 Å². The molecule has 0 saturated heterocycles. The van der Waals surface area contributed by atoms with E-state index in [-0.39, 0.29) is 16.8 Å². The molecule has 0 aliphatic heterocycles. The van der Waals surface area contributed by atoms with Crippen LogP contribution in [-0.4, -0.2) is 37.8 Å². The Morgan fingerprint density at radius 1 is 1.17 bits per heavy atom. The first-order chi connectivity index (χ1) is 11.4. The van der Waals surface area contributed by atoms with Gasteiger partial charge in [-0.1, -0.05) is 46.1 Å². The van der Waals surface area contributed by atoms with Gasteiger partial charge in [0.05, 0.1) is 4.90 Å². The Bertz CT molecular complexity index is 625. The summed E-state index contributed by atoms with van der Waals surface area (Å²) in [6.45, 7) is 8.54. The molecule has 1 aromatic rings. The Morgan fingerprint density at radius 2 is 1.83 bits per heavy atom. The Morgan fingerprint density at radius 3 is 2.42 bits per heavy atom. The smallest absolute Gasteiger partial charge is 0.251 e. The molecule has 24 heavy (non-hydrogen) atoms. The lowest BCUT2D eigenvalue weighted by atomic mass is 10.1. The van der Waals surface area contributed by atoms with Crippen molar-refractivity contribution in [3.8, 4) is 0 Å². The zero-order valence-corrected chi connectivity index (χ0v) is 16.0. The minimum absolute atomic E-state index is 0.0760. The van der Waals surface area contributed by atoms with Crippen LogP contribution in [0.2, 0.25) is 0 Å². The maximum absolute atomic E-state index is 12.6. The molecule has 0 saturated carbocycles. The topological polar surface area (TPSA) is 66.5 Å². The molecule has 0 spiro atoms. The Labute approximate surface area is 146 Å². The molecule has 0 bridgehead atoms. The van der Waals surface area contributed by atoms with Crippen LogP contribution in [0.25, 0.3) is 0 Å². The zero-order valence-electron chi connectivity index (χ0n) is 15.2. The molecular formula is C18H30N2O3S. The monoisotopic (exact) mass is 354 g/mol. The minimum atomic E-state index is -3.55. The fourth-order valence-corrected chi connectivity index (χ4v) is 4.09. The number of carbonyl (C=O) groups is 1. The van der Waals surface area contributed by atoms with Gasteiger partial charge in [0.1, 0.15) is 0 Å². The Hall–Kier alpha value is -1.40. The molecule has 136 valence electrons. The molecule has 0 aromatic heterocycles. The van der Waals surface area contributed by atoms with Crippen LogP contribution < -0.4 is 5.32 Å². The van der Waals surface area contributed by atoms with Gasteiger partial charge in [-0.15, -0.1) is 0 Å². The quantitative estimate of drug-likeness (QED) is 0.655. The highest BCUT2D eigenvalue weighted by Crippen LogP contribution is 2.17. The molecule has 0 aliphatic carbocycles. The third-order valence-electron chi connectivity index (χ3n) is 4.06. The lowest BCUT2D eigenvalue weighted by Crippen LogP contribution is -2.33. The summed E-state index contributed by atoms with van der Waals surface area (Å²) in [6, 6.07) is 6.34. The number of nitrogens with zero attached hydrogens (tertiary/aromatic N) is 1. The van der Waals surface area contributed by atoms with Gasteiger partial charge < -0.3 is 5.32 Å². The van der Waals surface area contributed by atoms with Crippen molar-refractivity contribution in [1.82, 2.24) is 9.62 Å². The SMILES string of the molecule is CCCCCC(C)NC(=O)c1cccc(S(=O)(=O)N(CC)CC)c1. The summed E-state index contributed by atoms with van der Waals surface area (Å²) in [5, 5.41) is 2.94. The lowest BCUT2D eigenvalue weighted by molar-refractivity contribution is 0.0937. The van der Waals surface area contributed by atoms with Crippen molar-refractivity contribution in [3.63, 3.8) is 0 Å². The summed E-state index contributed by atoms with van der Waals surface area (Å²) in [5.41, 5.74) is 0.380. The van der Waals surface area contributed by atoms with Crippen LogP contribution in [-0.2, 0) is 10.0 Å². The van der Waals surface area contributed by atoms with Crippen molar-refractivity contribution in [2.24, 2.45) is 0 Å². The second-order valence-corrected chi connectivity index (χ2v) is 7.93.